The summed E-state index contributed by atoms with van der Waals surface area (Å²) >= 11 is 31.6. The molecule has 0 atom stereocenters. The number of nitrogens with two attached hydrogens (primary N) is 1. The zero-order chi connectivity index (χ0) is 55.4. The van der Waals surface area contributed by atoms with Gasteiger partial charge in [-0.3, -0.25) is 4.90 Å². The van der Waals surface area contributed by atoms with E-state index < -0.39 is 0 Å². The van der Waals surface area contributed by atoms with Gasteiger partial charge in [0.2, 0.25) is 0 Å². The molecule has 0 unspecified atom stereocenters. The number of rotatable bonds is 6. The van der Waals surface area contributed by atoms with Gasteiger partial charge in [0.25, 0.3) is 0 Å². The van der Waals surface area contributed by atoms with Crippen LogP contribution >= 0.6 is 15.9 Å². The van der Waals surface area contributed by atoms with E-state index in [1.807, 2.05) is 30.3 Å². The van der Waals surface area contributed by atoms with Crippen LogP contribution in [0.25, 0.3) is 0 Å². The van der Waals surface area contributed by atoms with Crippen LogP contribution < -0.4 is 5.73 Å². The molecule has 2 nitrogen and oxygen atoms in total. The molecule has 48 heteroatoms. The first-order valence-corrected chi connectivity index (χ1v) is 73.8. The Bertz CT molecular complexity index is 3880. The zero-order valence-corrected chi connectivity index (χ0v) is 74.0. The van der Waals surface area contributed by atoms with Crippen molar-refractivity contribution in [2.75, 3.05) is 13.1 Å². The Kier molecular flexibility index (Phi) is 93.3. The van der Waals surface area contributed by atoms with Crippen LogP contribution in [-0.4, -0.2) is 18.0 Å². The summed E-state index contributed by atoms with van der Waals surface area (Å²) in [5, 5.41) is 0.952. The summed E-state index contributed by atoms with van der Waals surface area (Å²) in [6, 6.07) is 31.1. The lowest BCUT2D eigenvalue weighted by Gasteiger charge is -2.19. The number of halogens is 1. The van der Waals surface area contributed by atoms with Gasteiger partial charge in [-0.2, -0.15) is 0 Å². The molecule has 0 aliphatic carbocycles. The minimum absolute atomic E-state index is 0.347. The molecule has 75 heavy (non-hydrogen) atoms. The largest absolute Gasteiger partial charge is 0.320 e. The van der Waals surface area contributed by atoms with Gasteiger partial charge >= 0.3 is 0 Å². The maximum Gasteiger partial charge on any atom is 0.0605 e. The van der Waals surface area contributed by atoms with Gasteiger partial charge in [0.05, 0.1) is 13.1 Å². The molecule has 0 saturated heterocycles. The molecule has 3 aromatic rings. The number of alkyl halides is 1. The standard InChI is InChI=1S/C17H17N.C7H7Br.C3H5N.S18.S17.S10/c1-2-13-18(14-16-9-5-3-6-10-16)15-17-11-7-4-8-12-17;8-6-7-4-2-1-3-5-7;1-2-3-4;1-3-5-7-9-11-13-15-17-18-16-14-12-10-8-6-4-2;1-3-5-7-9-11-13-15-17-16-14-12-10-8-6-4-2;1-3-5-7-9-10-8-6-4-2/h1,3-12H,13-15H2;1-5H,6H2;1H,3-4H2;;;. The maximum atomic E-state index is 5.45. The number of hydrogen-bond donors (Lipinski definition) is 1. The van der Waals surface area contributed by atoms with Crippen LogP contribution in [0.1, 0.15) is 16.7 Å². The smallest absolute Gasteiger partial charge is 0.0605 e. The van der Waals surface area contributed by atoms with E-state index in [-0.39, 0.29) is 0 Å². The van der Waals surface area contributed by atoms with Crippen molar-refractivity contribution < 1.29 is 0 Å². The van der Waals surface area contributed by atoms with Gasteiger partial charge in [-0.05, 0) is 16.7 Å². The van der Waals surface area contributed by atoms with Gasteiger partial charge in [-0.15, -0.1) is 12.8 Å². The van der Waals surface area contributed by atoms with E-state index in [0.29, 0.717) is 13.1 Å². The fourth-order valence-corrected chi connectivity index (χ4v) is 93.9. The molecule has 3 rings (SSSR count). The van der Waals surface area contributed by atoms with Gasteiger partial charge in [0.15, 0.2) is 0 Å². The van der Waals surface area contributed by atoms with E-state index in [0.717, 1.165) is 18.4 Å². The average Bonchev–Trinajstić information content (AvgIpc) is 3.45. The van der Waals surface area contributed by atoms with Crippen LogP contribution in [0.15, 0.2) is 91.0 Å². The third-order valence-corrected chi connectivity index (χ3v) is 85.6. The lowest BCUT2D eigenvalue weighted by Crippen LogP contribution is -2.23. The highest BCUT2D eigenvalue weighted by molar-refractivity contribution is 9.08. The summed E-state index contributed by atoms with van der Waals surface area (Å²) in [7, 11) is 65.2. The Hall–Kier alpha value is 7.08. The lowest BCUT2D eigenvalue weighted by molar-refractivity contribution is 0.290. The number of benzene rings is 3. The monoisotopic (exact) mass is 1900 g/mol. The molecule has 0 saturated carbocycles. The molecule has 424 valence electrons. The summed E-state index contributed by atoms with van der Waals surface area (Å²) in [6.45, 7) is 2.80. The summed E-state index contributed by atoms with van der Waals surface area (Å²) in [5.41, 5.74) is 8.71. The molecule has 0 aromatic heterocycles. The van der Waals surface area contributed by atoms with Crippen LogP contribution in [0, 0.1) is 24.7 Å². The molecule has 0 heterocycles. The predicted molar refractivity (Wildman–Crippen MR) is 464 cm³/mol. The summed E-state index contributed by atoms with van der Waals surface area (Å²) < 4.78 is 0. The molecule has 0 radical (unpaired) electrons. The quantitative estimate of drug-likeness (QED) is 0.261. The first-order valence-electron chi connectivity index (χ1n) is 16.7. The van der Waals surface area contributed by atoms with E-state index >= 15 is 0 Å². The Balaban J connectivity index is -0.000000869. The van der Waals surface area contributed by atoms with E-state index in [9.17, 15) is 0 Å². The van der Waals surface area contributed by atoms with Gasteiger partial charge in [0, 0.05) is 432 Å². The molecule has 0 bridgehead atoms. The minimum atomic E-state index is 0.347. The highest BCUT2D eigenvalue weighted by Crippen LogP contribution is 2.09. The Labute approximate surface area is 590 Å². The maximum absolute atomic E-state index is 5.45. The normalized spacial score (nSPS) is 8.01. The SMILES string of the molecule is BrCc1ccccc1.C#CCN.C#CCN(Cc1ccccc1)Cc1ccccc1.S=S=S=S=S=S=S=S=S=S.S=S=S=S=S=S=S=S=S=S=S=S=S=S=S=S=S.S=S=S=S=S=S=S=S=S=S=S=S=S=S=S=S=S=S. The van der Waals surface area contributed by atoms with E-state index in [2.05, 4.69) is 122 Å². The second-order valence-electron chi connectivity index (χ2n) is 9.00. The van der Waals surface area contributed by atoms with Gasteiger partial charge < -0.3 is 5.73 Å². The highest BCUT2D eigenvalue weighted by Gasteiger charge is 2.05. The van der Waals surface area contributed by atoms with Crippen LogP contribution in [0.3, 0.4) is 0 Å². The molecule has 0 spiro atoms. The van der Waals surface area contributed by atoms with Crippen molar-refractivity contribution in [3.05, 3.63) is 108 Å². The Morgan fingerprint density at radius 2 is 0.520 bits per heavy atom. The Morgan fingerprint density at radius 1 is 0.333 bits per heavy atom. The van der Waals surface area contributed by atoms with Crippen molar-refractivity contribution in [1.82, 2.24) is 4.90 Å². The van der Waals surface area contributed by atoms with E-state index in [4.69, 9.17) is 56.9 Å². The highest BCUT2D eigenvalue weighted by atomic mass is 79.9. The van der Waals surface area contributed by atoms with Crippen molar-refractivity contribution in [3.63, 3.8) is 0 Å². The predicted octanol–water partition coefficient (Wildman–Crippen LogP) is 5.37. The molecule has 0 aliphatic heterocycles. The van der Waals surface area contributed by atoms with Crippen LogP contribution in [0.5, 0.6) is 0 Å². The van der Waals surface area contributed by atoms with E-state index in [1.54, 1.807) is 293 Å². The first-order chi connectivity index (χ1) is 37.0. The molecule has 3 aromatic carbocycles. The zero-order valence-electron chi connectivity index (χ0n) is 35.6. The van der Waals surface area contributed by atoms with Crippen molar-refractivity contribution in [1.29, 1.82) is 0 Å². The molecular formula is C27H29BrN2S45. The molecular weight excluding hydrogens is 1880 g/mol. The second kappa shape index (κ2) is 81.1. The first kappa shape index (κ1) is 86.3. The van der Waals surface area contributed by atoms with Crippen LogP contribution in [-0.2, 0) is 432 Å². The third kappa shape index (κ3) is 77.1. The number of nitrogens with zero attached hydrogens (tertiary/aromatic N) is 1. The molecule has 2 N–H and O–H groups in total. The molecule has 0 fully saturated rings. The molecule has 0 aliphatic rings. The van der Waals surface area contributed by atoms with E-state index in [1.165, 1.54) is 70.0 Å². The second-order valence-corrected chi connectivity index (χ2v) is 78.6. The lowest BCUT2D eigenvalue weighted by atomic mass is 10.1. The fourth-order valence-electron chi connectivity index (χ4n) is 2.92. The topological polar surface area (TPSA) is 29.3 Å². The number of hydrogen-bond acceptors (Lipinski definition) is 8. The fraction of sp³-hybridized carbons (Fsp3) is 0.185. The van der Waals surface area contributed by atoms with Crippen molar-refractivity contribution in [3.8, 4) is 24.7 Å². The van der Waals surface area contributed by atoms with Crippen LogP contribution in [0.4, 0.5) is 0 Å². The molecule has 0 amide bonds. The summed E-state index contributed by atoms with van der Waals surface area (Å²) in [5.74, 6) is 4.94. The van der Waals surface area contributed by atoms with Crippen LogP contribution in [0.2, 0.25) is 0 Å². The van der Waals surface area contributed by atoms with Crippen molar-refractivity contribution in [2.24, 2.45) is 5.73 Å². The van der Waals surface area contributed by atoms with Gasteiger partial charge in [-0.1, -0.05) is 119 Å². The summed E-state index contributed by atoms with van der Waals surface area (Å²) in [4.78, 5) is 2.27. The number of terminal acetylenes is 2. The van der Waals surface area contributed by atoms with Crippen molar-refractivity contribution >= 4 is 429 Å². The minimum Gasteiger partial charge on any atom is -0.320 e. The van der Waals surface area contributed by atoms with Gasteiger partial charge in [0.1, 0.15) is 0 Å². The van der Waals surface area contributed by atoms with Crippen molar-refractivity contribution in [2.45, 2.75) is 18.4 Å². The average molecular weight is 1900 g/mol. The van der Waals surface area contributed by atoms with Gasteiger partial charge in [-0.25, -0.2) is 0 Å². The Morgan fingerprint density at radius 3 is 0.667 bits per heavy atom. The summed E-state index contributed by atoms with van der Waals surface area (Å²) in [6.07, 6.45) is 10.1. The third-order valence-electron chi connectivity index (χ3n) is 4.93.